The summed E-state index contributed by atoms with van der Waals surface area (Å²) in [7, 11) is -1.81. The molecule has 5 nitrogen and oxygen atoms in total. The molecule has 1 unspecified atom stereocenters. The van der Waals surface area contributed by atoms with Crippen LogP contribution < -0.4 is 14.8 Å². The largest absolute Gasteiger partial charge is 0.497 e. The van der Waals surface area contributed by atoms with Crippen molar-refractivity contribution >= 4 is 15.7 Å². The van der Waals surface area contributed by atoms with Gasteiger partial charge in [-0.3, -0.25) is 4.31 Å². The smallest absolute Gasteiger partial charge is 0.241 e. The van der Waals surface area contributed by atoms with E-state index in [1.807, 2.05) is 0 Å². The molecule has 0 aromatic heterocycles. The second kappa shape index (κ2) is 4.44. The highest BCUT2D eigenvalue weighted by Gasteiger charge is 2.48. The summed E-state index contributed by atoms with van der Waals surface area (Å²) in [5.41, 5.74) is 6.26. The number of anilines is 1. The van der Waals surface area contributed by atoms with Crippen LogP contribution in [0.1, 0.15) is 13.3 Å². The zero-order chi connectivity index (χ0) is 13.4. The van der Waals surface area contributed by atoms with Gasteiger partial charge in [-0.1, -0.05) is 0 Å². The molecule has 1 saturated heterocycles. The SMILES string of the molecule is COc1ccc(N2CCC(C)(CN)S2(=O)=O)cc1. The Hall–Kier alpha value is -1.27. The van der Waals surface area contributed by atoms with Gasteiger partial charge in [0, 0.05) is 13.1 Å². The van der Waals surface area contributed by atoms with Gasteiger partial charge in [-0.2, -0.15) is 0 Å². The molecule has 0 saturated carbocycles. The molecule has 1 aliphatic rings. The standard InChI is InChI=1S/C12H18N2O3S/c1-12(9-13)7-8-14(18(12,15)16)10-3-5-11(17-2)6-4-10/h3-6H,7-9,13H2,1-2H3. The molecule has 1 aromatic carbocycles. The molecule has 1 fully saturated rings. The minimum absolute atomic E-state index is 0.141. The molecule has 2 N–H and O–H groups in total. The fraction of sp³-hybridized carbons (Fsp3) is 0.500. The molecule has 1 aromatic rings. The molecule has 1 heterocycles. The van der Waals surface area contributed by atoms with Gasteiger partial charge in [0.2, 0.25) is 10.0 Å². The van der Waals surface area contributed by atoms with E-state index in [0.717, 1.165) is 0 Å². The van der Waals surface area contributed by atoms with Crippen molar-refractivity contribution < 1.29 is 13.2 Å². The molecular formula is C12H18N2O3S. The number of hydrogen-bond donors (Lipinski definition) is 1. The molecule has 2 rings (SSSR count). The lowest BCUT2D eigenvalue weighted by Gasteiger charge is -2.24. The van der Waals surface area contributed by atoms with Crippen molar-refractivity contribution in [2.45, 2.75) is 18.1 Å². The van der Waals surface area contributed by atoms with Gasteiger partial charge in [0.15, 0.2) is 0 Å². The van der Waals surface area contributed by atoms with Crippen LogP contribution >= 0.6 is 0 Å². The van der Waals surface area contributed by atoms with Crippen LogP contribution in [0.4, 0.5) is 5.69 Å². The second-order valence-corrected chi connectivity index (χ2v) is 7.06. The van der Waals surface area contributed by atoms with Gasteiger partial charge in [-0.15, -0.1) is 0 Å². The lowest BCUT2D eigenvalue weighted by molar-refractivity contribution is 0.415. The number of nitrogens with two attached hydrogens (primary N) is 1. The van der Waals surface area contributed by atoms with Crippen molar-refractivity contribution in [1.82, 2.24) is 0 Å². The summed E-state index contributed by atoms with van der Waals surface area (Å²) >= 11 is 0. The first-order valence-electron chi connectivity index (χ1n) is 5.81. The van der Waals surface area contributed by atoms with E-state index in [0.29, 0.717) is 24.4 Å². The predicted octanol–water partition coefficient (Wildman–Crippen LogP) is 0.952. The fourth-order valence-electron chi connectivity index (χ4n) is 2.08. The molecule has 100 valence electrons. The van der Waals surface area contributed by atoms with Crippen LogP contribution in [0.25, 0.3) is 0 Å². The van der Waals surface area contributed by atoms with E-state index >= 15 is 0 Å². The van der Waals surface area contributed by atoms with E-state index in [-0.39, 0.29) is 6.54 Å². The highest BCUT2D eigenvalue weighted by Crippen LogP contribution is 2.36. The first-order chi connectivity index (χ1) is 8.44. The predicted molar refractivity (Wildman–Crippen MR) is 71.3 cm³/mol. The molecule has 1 aliphatic heterocycles. The summed E-state index contributed by atoms with van der Waals surface area (Å²) in [5.74, 6) is 0.705. The summed E-state index contributed by atoms with van der Waals surface area (Å²) < 4.78 is 30.5. The Bertz CT molecular complexity index is 527. The van der Waals surface area contributed by atoms with Gasteiger partial charge in [-0.25, -0.2) is 8.42 Å². The Morgan fingerprint density at radius 1 is 1.39 bits per heavy atom. The number of rotatable bonds is 3. The van der Waals surface area contributed by atoms with Gasteiger partial charge in [0.1, 0.15) is 10.5 Å². The van der Waals surface area contributed by atoms with E-state index in [1.165, 1.54) is 4.31 Å². The third-order valence-electron chi connectivity index (χ3n) is 3.55. The topological polar surface area (TPSA) is 72.6 Å². The monoisotopic (exact) mass is 270 g/mol. The first kappa shape index (κ1) is 13.2. The summed E-state index contributed by atoms with van der Waals surface area (Å²) in [4.78, 5) is 0. The Morgan fingerprint density at radius 2 is 2.00 bits per heavy atom. The fourth-order valence-corrected chi connectivity index (χ4v) is 3.90. The Kier molecular flexibility index (Phi) is 3.25. The molecule has 0 amide bonds. The maximum atomic E-state index is 12.4. The molecule has 18 heavy (non-hydrogen) atoms. The number of ether oxygens (including phenoxy) is 1. The third-order valence-corrected chi connectivity index (χ3v) is 6.14. The van der Waals surface area contributed by atoms with E-state index < -0.39 is 14.8 Å². The first-order valence-corrected chi connectivity index (χ1v) is 7.25. The normalized spacial score (nSPS) is 26.3. The third kappa shape index (κ3) is 1.85. The van der Waals surface area contributed by atoms with Gasteiger partial charge in [0.05, 0.1) is 12.8 Å². The molecule has 0 radical (unpaired) electrons. The number of hydrogen-bond acceptors (Lipinski definition) is 4. The average Bonchev–Trinajstić information content (AvgIpc) is 2.61. The second-order valence-electron chi connectivity index (χ2n) is 4.68. The maximum Gasteiger partial charge on any atom is 0.241 e. The number of methoxy groups -OCH3 is 1. The summed E-state index contributed by atoms with van der Waals surface area (Å²) in [5, 5.41) is 0. The summed E-state index contributed by atoms with van der Waals surface area (Å²) in [6, 6.07) is 7.00. The highest BCUT2D eigenvalue weighted by atomic mass is 32.2. The van der Waals surface area contributed by atoms with Crippen LogP contribution in [0.3, 0.4) is 0 Å². The van der Waals surface area contributed by atoms with Crippen molar-refractivity contribution in [3.05, 3.63) is 24.3 Å². The summed E-state index contributed by atoms with van der Waals surface area (Å²) in [6.45, 7) is 2.32. The molecule has 6 heteroatoms. The van der Waals surface area contributed by atoms with Gasteiger partial charge in [0.25, 0.3) is 0 Å². The average molecular weight is 270 g/mol. The Balaban J connectivity index is 2.35. The number of sulfonamides is 1. The van der Waals surface area contributed by atoms with Crippen LogP contribution in [0.15, 0.2) is 24.3 Å². The molecule has 0 bridgehead atoms. The zero-order valence-corrected chi connectivity index (χ0v) is 11.4. The van der Waals surface area contributed by atoms with Crippen molar-refractivity contribution in [2.24, 2.45) is 5.73 Å². The van der Waals surface area contributed by atoms with Crippen molar-refractivity contribution in [1.29, 1.82) is 0 Å². The highest BCUT2D eigenvalue weighted by molar-refractivity contribution is 7.94. The van der Waals surface area contributed by atoms with Gasteiger partial charge in [-0.05, 0) is 37.6 Å². The lowest BCUT2D eigenvalue weighted by atomic mass is 10.1. The molecule has 1 atom stereocenters. The van der Waals surface area contributed by atoms with Crippen LogP contribution in [-0.4, -0.2) is 33.4 Å². The summed E-state index contributed by atoms with van der Waals surface area (Å²) in [6.07, 6.45) is 0.553. The zero-order valence-electron chi connectivity index (χ0n) is 10.6. The van der Waals surface area contributed by atoms with E-state index in [2.05, 4.69) is 0 Å². The van der Waals surface area contributed by atoms with Crippen molar-refractivity contribution in [3.63, 3.8) is 0 Å². The number of benzene rings is 1. The molecular weight excluding hydrogens is 252 g/mol. The molecule has 0 spiro atoms. The number of nitrogens with zero attached hydrogens (tertiary/aromatic N) is 1. The minimum atomic E-state index is -3.38. The van der Waals surface area contributed by atoms with E-state index in [9.17, 15) is 8.42 Å². The quantitative estimate of drug-likeness (QED) is 0.887. The van der Waals surface area contributed by atoms with E-state index in [4.69, 9.17) is 10.5 Å². The van der Waals surface area contributed by atoms with Crippen LogP contribution in [-0.2, 0) is 10.0 Å². The minimum Gasteiger partial charge on any atom is -0.497 e. The Morgan fingerprint density at radius 3 is 2.44 bits per heavy atom. The van der Waals surface area contributed by atoms with Crippen LogP contribution in [0.5, 0.6) is 5.75 Å². The van der Waals surface area contributed by atoms with Crippen molar-refractivity contribution in [2.75, 3.05) is 24.5 Å². The van der Waals surface area contributed by atoms with Crippen LogP contribution in [0, 0.1) is 0 Å². The van der Waals surface area contributed by atoms with Gasteiger partial charge < -0.3 is 10.5 Å². The van der Waals surface area contributed by atoms with Crippen molar-refractivity contribution in [3.8, 4) is 5.75 Å². The van der Waals surface area contributed by atoms with Gasteiger partial charge >= 0.3 is 0 Å². The Labute approximate surface area is 108 Å². The lowest BCUT2D eigenvalue weighted by Crippen LogP contribution is -2.43. The van der Waals surface area contributed by atoms with E-state index in [1.54, 1.807) is 38.3 Å². The maximum absolute atomic E-state index is 12.4. The molecule has 0 aliphatic carbocycles. The van der Waals surface area contributed by atoms with Crippen LogP contribution in [0.2, 0.25) is 0 Å².